The van der Waals surface area contributed by atoms with Crippen LogP contribution in [0, 0.1) is 0 Å². The number of alkyl halides is 3. The first-order valence-electron chi connectivity index (χ1n) is 6.68. The lowest BCUT2D eigenvalue weighted by atomic mass is 9.93. The van der Waals surface area contributed by atoms with Crippen LogP contribution < -0.4 is 10.1 Å². The Kier molecular flexibility index (Phi) is 4.88. The number of hydrogen-bond acceptors (Lipinski definition) is 3. The molecule has 1 fully saturated rings. The Balaban J connectivity index is 1.81. The number of hydrogen-bond donors (Lipinski definition) is 2. The Bertz CT molecular complexity index is 419. The molecule has 0 saturated heterocycles. The molecule has 0 amide bonds. The highest BCUT2D eigenvalue weighted by molar-refractivity contribution is 5.27. The molecule has 1 aromatic carbocycles. The SMILES string of the molecule is OC1CCCC(NCc2ccc(OC(F)(F)F)cc2)C1. The molecular weight excluding hydrogens is 271 g/mol. The third-order valence-electron chi connectivity index (χ3n) is 3.40. The molecule has 1 aliphatic rings. The van der Waals surface area contributed by atoms with Crippen LogP contribution in [0.5, 0.6) is 5.75 Å². The van der Waals surface area contributed by atoms with E-state index in [4.69, 9.17) is 0 Å². The molecule has 112 valence electrons. The van der Waals surface area contributed by atoms with Crippen molar-refractivity contribution in [2.24, 2.45) is 0 Å². The fraction of sp³-hybridized carbons (Fsp3) is 0.571. The minimum atomic E-state index is -4.65. The summed E-state index contributed by atoms with van der Waals surface area (Å²) in [6.07, 6.45) is -1.30. The summed E-state index contributed by atoms with van der Waals surface area (Å²) in [5.74, 6) is -0.214. The van der Waals surface area contributed by atoms with Crippen molar-refractivity contribution in [3.05, 3.63) is 29.8 Å². The number of ether oxygens (including phenoxy) is 1. The van der Waals surface area contributed by atoms with E-state index in [1.165, 1.54) is 12.1 Å². The van der Waals surface area contributed by atoms with E-state index in [0.29, 0.717) is 6.54 Å². The summed E-state index contributed by atoms with van der Waals surface area (Å²) in [7, 11) is 0. The zero-order valence-electron chi connectivity index (χ0n) is 11.0. The van der Waals surface area contributed by atoms with Crippen LogP contribution in [0.1, 0.15) is 31.2 Å². The van der Waals surface area contributed by atoms with Gasteiger partial charge in [-0.05, 0) is 43.4 Å². The molecule has 6 heteroatoms. The Labute approximate surface area is 115 Å². The second kappa shape index (κ2) is 6.45. The predicted octanol–water partition coefficient (Wildman–Crippen LogP) is 2.98. The topological polar surface area (TPSA) is 41.5 Å². The Hall–Kier alpha value is -1.27. The maximum atomic E-state index is 12.0. The fourth-order valence-electron chi connectivity index (χ4n) is 2.42. The Morgan fingerprint density at radius 2 is 1.90 bits per heavy atom. The lowest BCUT2D eigenvalue weighted by Crippen LogP contribution is -2.35. The molecular formula is C14H18F3NO2. The predicted molar refractivity (Wildman–Crippen MR) is 68.2 cm³/mol. The van der Waals surface area contributed by atoms with Gasteiger partial charge in [0.05, 0.1) is 6.10 Å². The fourth-order valence-corrected chi connectivity index (χ4v) is 2.42. The first-order valence-corrected chi connectivity index (χ1v) is 6.68. The number of rotatable bonds is 4. The summed E-state index contributed by atoms with van der Waals surface area (Å²) < 4.78 is 39.8. The quantitative estimate of drug-likeness (QED) is 0.895. The summed E-state index contributed by atoms with van der Waals surface area (Å²) in [6.45, 7) is 0.573. The monoisotopic (exact) mass is 289 g/mol. The highest BCUT2D eigenvalue weighted by atomic mass is 19.4. The van der Waals surface area contributed by atoms with E-state index in [2.05, 4.69) is 10.1 Å². The van der Waals surface area contributed by atoms with E-state index in [1.54, 1.807) is 12.1 Å². The molecule has 1 saturated carbocycles. The summed E-state index contributed by atoms with van der Waals surface area (Å²) >= 11 is 0. The highest BCUT2D eigenvalue weighted by Crippen LogP contribution is 2.23. The van der Waals surface area contributed by atoms with Crippen LogP contribution in [0.25, 0.3) is 0 Å². The number of nitrogens with one attached hydrogen (secondary N) is 1. The normalized spacial score (nSPS) is 23.6. The number of aliphatic hydroxyl groups excluding tert-OH is 1. The van der Waals surface area contributed by atoms with E-state index in [0.717, 1.165) is 31.2 Å². The van der Waals surface area contributed by atoms with E-state index in [9.17, 15) is 18.3 Å². The summed E-state index contributed by atoms with van der Waals surface area (Å²) in [6, 6.07) is 6.09. The van der Waals surface area contributed by atoms with Crippen molar-refractivity contribution in [1.82, 2.24) is 5.32 Å². The Morgan fingerprint density at radius 1 is 1.20 bits per heavy atom. The molecule has 2 unspecified atom stereocenters. The van der Waals surface area contributed by atoms with Crippen molar-refractivity contribution in [3.8, 4) is 5.75 Å². The van der Waals surface area contributed by atoms with Gasteiger partial charge in [-0.15, -0.1) is 13.2 Å². The largest absolute Gasteiger partial charge is 0.573 e. The van der Waals surface area contributed by atoms with Crippen LogP contribution in [-0.4, -0.2) is 23.6 Å². The van der Waals surface area contributed by atoms with Gasteiger partial charge in [0, 0.05) is 12.6 Å². The zero-order valence-corrected chi connectivity index (χ0v) is 11.0. The van der Waals surface area contributed by atoms with E-state index < -0.39 is 6.36 Å². The molecule has 0 bridgehead atoms. The van der Waals surface area contributed by atoms with Gasteiger partial charge in [0.1, 0.15) is 5.75 Å². The molecule has 1 aromatic rings. The standard InChI is InChI=1S/C14H18F3NO2/c15-14(16,17)20-13-6-4-10(5-7-13)9-18-11-2-1-3-12(19)8-11/h4-7,11-12,18-19H,1-3,8-9H2. The average molecular weight is 289 g/mol. The molecule has 2 atom stereocenters. The highest BCUT2D eigenvalue weighted by Gasteiger charge is 2.30. The van der Waals surface area contributed by atoms with Crippen LogP contribution in [0.15, 0.2) is 24.3 Å². The number of benzene rings is 1. The molecule has 0 spiro atoms. The molecule has 0 aromatic heterocycles. The van der Waals surface area contributed by atoms with Gasteiger partial charge in [-0.2, -0.15) is 0 Å². The van der Waals surface area contributed by atoms with Crippen molar-refractivity contribution in [3.63, 3.8) is 0 Å². The van der Waals surface area contributed by atoms with E-state index >= 15 is 0 Å². The maximum Gasteiger partial charge on any atom is 0.573 e. The van der Waals surface area contributed by atoms with Crippen LogP contribution >= 0.6 is 0 Å². The summed E-state index contributed by atoms with van der Waals surface area (Å²) in [4.78, 5) is 0. The molecule has 1 aliphatic carbocycles. The van der Waals surface area contributed by atoms with Gasteiger partial charge in [0.25, 0.3) is 0 Å². The average Bonchev–Trinajstić information content (AvgIpc) is 2.36. The van der Waals surface area contributed by atoms with E-state index in [1.807, 2.05) is 0 Å². The van der Waals surface area contributed by atoms with Crippen LogP contribution in [0.3, 0.4) is 0 Å². The maximum absolute atomic E-state index is 12.0. The molecule has 0 radical (unpaired) electrons. The first kappa shape index (κ1) is 15.1. The smallest absolute Gasteiger partial charge is 0.406 e. The molecule has 2 N–H and O–H groups in total. The van der Waals surface area contributed by atoms with Gasteiger partial charge < -0.3 is 15.2 Å². The minimum absolute atomic E-state index is 0.214. The van der Waals surface area contributed by atoms with Crippen LogP contribution in [-0.2, 0) is 6.54 Å². The van der Waals surface area contributed by atoms with Gasteiger partial charge in [-0.1, -0.05) is 12.1 Å². The van der Waals surface area contributed by atoms with Crippen LogP contribution in [0.4, 0.5) is 13.2 Å². The minimum Gasteiger partial charge on any atom is -0.406 e. The zero-order chi connectivity index (χ0) is 14.6. The second-order valence-corrected chi connectivity index (χ2v) is 5.09. The van der Waals surface area contributed by atoms with Crippen molar-refractivity contribution in [2.75, 3.05) is 0 Å². The lowest BCUT2D eigenvalue weighted by Gasteiger charge is -2.26. The molecule has 2 rings (SSSR count). The van der Waals surface area contributed by atoms with Crippen LogP contribution in [0.2, 0.25) is 0 Å². The summed E-state index contributed by atoms with van der Waals surface area (Å²) in [5.41, 5.74) is 0.889. The van der Waals surface area contributed by atoms with Crippen molar-refractivity contribution < 1.29 is 23.0 Å². The van der Waals surface area contributed by atoms with Gasteiger partial charge in [0.2, 0.25) is 0 Å². The molecule has 3 nitrogen and oxygen atoms in total. The number of halogens is 3. The van der Waals surface area contributed by atoms with Crippen molar-refractivity contribution in [2.45, 2.75) is 50.7 Å². The van der Waals surface area contributed by atoms with Gasteiger partial charge in [0.15, 0.2) is 0 Å². The third kappa shape index (κ3) is 5.02. The van der Waals surface area contributed by atoms with Gasteiger partial charge in [-0.25, -0.2) is 0 Å². The lowest BCUT2D eigenvalue weighted by molar-refractivity contribution is -0.274. The summed E-state index contributed by atoms with van der Waals surface area (Å²) in [5, 5.41) is 12.9. The second-order valence-electron chi connectivity index (χ2n) is 5.09. The third-order valence-corrected chi connectivity index (χ3v) is 3.40. The molecule has 0 aliphatic heterocycles. The van der Waals surface area contributed by atoms with Crippen molar-refractivity contribution >= 4 is 0 Å². The Morgan fingerprint density at radius 3 is 2.50 bits per heavy atom. The van der Waals surface area contributed by atoms with E-state index in [-0.39, 0.29) is 17.9 Å². The number of aliphatic hydroxyl groups is 1. The van der Waals surface area contributed by atoms with Crippen molar-refractivity contribution in [1.29, 1.82) is 0 Å². The first-order chi connectivity index (χ1) is 9.42. The van der Waals surface area contributed by atoms with Gasteiger partial charge >= 0.3 is 6.36 Å². The molecule has 20 heavy (non-hydrogen) atoms. The van der Waals surface area contributed by atoms with Gasteiger partial charge in [-0.3, -0.25) is 0 Å². The molecule has 0 heterocycles.